The van der Waals surface area contributed by atoms with Crippen LogP contribution in [0.3, 0.4) is 0 Å². The molecule has 0 amide bonds. The molecule has 3 unspecified atom stereocenters. The van der Waals surface area contributed by atoms with Crippen LogP contribution in [0.15, 0.2) is 12.1 Å². The molecule has 2 aromatic rings. The Morgan fingerprint density at radius 3 is 2.29 bits per heavy atom. The minimum absolute atomic E-state index is 0.104. The predicted molar refractivity (Wildman–Crippen MR) is 145 cm³/mol. The van der Waals surface area contributed by atoms with Gasteiger partial charge in [-0.2, -0.15) is 0 Å². The lowest BCUT2D eigenvalue weighted by Gasteiger charge is -2.52. The van der Waals surface area contributed by atoms with Crippen LogP contribution < -0.4 is 24.3 Å². The number of aliphatic hydroxyl groups is 1. The molecule has 5 atom stereocenters. The Kier molecular flexibility index (Phi) is 6.86. The number of carbonyl (C=O) groups is 1. The highest BCUT2D eigenvalue weighted by Crippen LogP contribution is 2.53. The monoisotopic (exact) mass is 524 g/mol. The van der Waals surface area contributed by atoms with Crippen LogP contribution in [0.2, 0.25) is 0 Å². The summed E-state index contributed by atoms with van der Waals surface area (Å²) in [6, 6.07) is 3.16. The van der Waals surface area contributed by atoms with Gasteiger partial charge in [-0.15, -0.1) is 0 Å². The highest BCUT2D eigenvalue weighted by atomic mass is 16.5. The van der Waals surface area contributed by atoms with Gasteiger partial charge in [0, 0.05) is 28.8 Å². The van der Waals surface area contributed by atoms with E-state index in [2.05, 4.69) is 29.3 Å². The van der Waals surface area contributed by atoms with Crippen molar-refractivity contribution in [2.45, 2.75) is 76.7 Å². The summed E-state index contributed by atoms with van der Waals surface area (Å²) in [5, 5.41) is 14.7. The smallest absolute Gasteiger partial charge is 0.169 e. The summed E-state index contributed by atoms with van der Waals surface area (Å²) in [5.41, 5.74) is 5.25. The maximum atomic E-state index is 14.4. The average molecular weight is 525 g/mol. The highest BCUT2D eigenvalue weighted by molar-refractivity contribution is 5.94. The normalized spacial score (nSPS) is 28.1. The topological polar surface area (TPSA) is 89.5 Å². The molecule has 0 aromatic heterocycles. The van der Waals surface area contributed by atoms with E-state index in [1.807, 2.05) is 20.8 Å². The van der Waals surface area contributed by atoms with E-state index >= 15 is 0 Å². The number of hydrogen-bond acceptors (Lipinski definition) is 8. The van der Waals surface area contributed by atoms with Gasteiger partial charge in [0.05, 0.1) is 52.7 Å². The van der Waals surface area contributed by atoms with Gasteiger partial charge in [-0.05, 0) is 62.8 Å². The number of rotatable bonds is 6. The van der Waals surface area contributed by atoms with Gasteiger partial charge in [0.1, 0.15) is 11.5 Å². The third-order valence-corrected chi connectivity index (χ3v) is 9.24. The van der Waals surface area contributed by atoms with E-state index in [0.29, 0.717) is 30.8 Å². The Balaban J connectivity index is 1.80. The molecule has 3 heterocycles. The van der Waals surface area contributed by atoms with Crippen LogP contribution in [-0.4, -0.2) is 68.5 Å². The SMILES string of the molecule is CCC1(C)C(=O)C2Cc3c(cc(OC)c(C)c3OC)C(N2)[C@@H]2Cc3cc(C)c(OC)c(OC)c3[C@H](CO)N21. The molecule has 8 nitrogen and oxygen atoms in total. The van der Waals surface area contributed by atoms with E-state index in [9.17, 15) is 9.90 Å². The summed E-state index contributed by atoms with van der Waals surface area (Å²) in [5.74, 6) is 2.97. The van der Waals surface area contributed by atoms with Crippen molar-refractivity contribution in [2.24, 2.45) is 0 Å². The first-order valence-electron chi connectivity index (χ1n) is 13.4. The van der Waals surface area contributed by atoms with Gasteiger partial charge in [-0.1, -0.05) is 13.0 Å². The Morgan fingerprint density at radius 1 is 1.03 bits per heavy atom. The van der Waals surface area contributed by atoms with Gasteiger partial charge in [0.15, 0.2) is 17.3 Å². The summed E-state index contributed by atoms with van der Waals surface area (Å²) < 4.78 is 23.3. The van der Waals surface area contributed by atoms with Gasteiger partial charge < -0.3 is 24.1 Å². The standard InChI is InChI=1S/C30H40N2O6/c1-9-30(4)29(34)20-12-19-18(13-23(35-5)16(3)27(19)37-7)25(31-20)21-11-17-10-15(2)26(36-6)28(38-8)24(17)22(14-33)32(21)30/h10,13,20-22,25,31,33H,9,11-12,14H2,1-8H3/t20?,21-,22-,25?,30?/m0/s1. The number of benzene rings is 2. The number of ether oxygens (including phenoxy) is 4. The second-order valence-electron chi connectivity index (χ2n) is 10.9. The van der Waals surface area contributed by atoms with E-state index in [1.54, 1.807) is 28.4 Å². The van der Waals surface area contributed by atoms with Crippen molar-refractivity contribution in [1.29, 1.82) is 0 Å². The van der Waals surface area contributed by atoms with Crippen LogP contribution in [0.4, 0.5) is 0 Å². The Hall–Kier alpha value is -2.81. The van der Waals surface area contributed by atoms with E-state index in [0.717, 1.165) is 44.9 Å². The quantitative estimate of drug-likeness (QED) is 0.593. The third kappa shape index (κ3) is 3.57. The van der Waals surface area contributed by atoms with Gasteiger partial charge >= 0.3 is 0 Å². The van der Waals surface area contributed by atoms with Gasteiger partial charge in [-0.25, -0.2) is 0 Å². The van der Waals surface area contributed by atoms with Crippen molar-refractivity contribution in [2.75, 3.05) is 35.0 Å². The van der Waals surface area contributed by atoms with Crippen molar-refractivity contribution in [1.82, 2.24) is 10.2 Å². The zero-order valence-corrected chi connectivity index (χ0v) is 23.7. The second-order valence-corrected chi connectivity index (χ2v) is 10.9. The lowest BCUT2D eigenvalue weighted by molar-refractivity contribution is -0.136. The molecule has 0 radical (unpaired) electrons. The molecule has 1 saturated heterocycles. The summed E-state index contributed by atoms with van der Waals surface area (Å²) in [6.45, 7) is 7.94. The number of ketones is 1. The molecule has 206 valence electrons. The molecule has 8 heteroatoms. The zero-order valence-electron chi connectivity index (χ0n) is 23.7. The second kappa shape index (κ2) is 9.74. The average Bonchev–Trinajstić information content (AvgIpc) is 2.99. The summed E-state index contributed by atoms with van der Waals surface area (Å²) in [6.07, 6.45) is 1.83. The maximum absolute atomic E-state index is 14.4. The van der Waals surface area contributed by atoms with Crippen molar-refractivity contribution in [3.8, 4) is 23.0 Å². The fourth-order valence-electron chi connectivity index (χ4n) is 7.40. The van der Waals surface area contributed by atoms with Crippen LogP contribution in [0.5, 0.6) is 23.0 Å². The van der Waals surface area contributed by atoms with E-state index in [4.69, 9.17) is 18.9 Å². The van der Waals surface area contributed by atoms with E-state index < -0.39 is 11.6 Å². The van der Waals surface area contributed by atoms with Crippen molar-refractivity contribution in [3.63, 3.8) is 0 Å². The molecule has 5 rings (SSSR count). The Labute approximate surface area is 225 Å². The molecule has 1 fully saturated rings. The number of aliphatic hydroxyl groups excluding tert-OH is 1. The first-order chi connectivity index (χ1) is 18.2. The maximum Gasteiger partial charge on any atom is 0.169 e. The Bertz CT molecular complexity index is 1280. The van der Waals surface area contributed by atoms with Gasteiger partial charge in [0.2, 0.25) is 0 Å². The third-order valence-electron chi connectivity index (χ3n) is 9.24. The van der Waals surface area contributed by atoms with Crippen LogP contribution in [0.25, 0.3) is 0 Å². The van der Waals surface area contributed by atoms with Gasteiger partial charge in [0.25, 0.3) is 0 Å². The highest BCUT2D eigenvalue weighted by Gasteiger charge is 2.57. The Morgan fingerprint density at radius 2 is 1.71 bits per heavy atom. The first-order valence-corrected chi connectivity index (χ1v) is 13.4. The van der Waals surface area contributed by atoms with Gasteiger partial charge in [-0.3, -0.25) is 15.0 Å². The molecule has 2 bridgehead atoms. The molecular weight excluding hydrogens is 484 g/mol. The minimum atomic E-state index is -0.806. The first kappa shape index (κ1) is 26.8. The molecule has 0 saturated carbocycles. The van der Waals surface area contributed by atoms with Crippen molar-refractivity contribution in [3.05, 3.63) is 45.5 Å². The molecule has 0 aliphatic carbocycles. The molecule has 0 spiro atoms. The predicted octanol–water partition coefficient (Wildman–Crippen LogP) is 3.60. The number of hydrogen-bond donors (Lipinski definition) is 2. The zero-order chi connectivity index (χ0) is 27.5. The lowest BCUT2D eigenvalue weighted by atomic mass is 9.77. The van der Waals surface area contributed by atoms with Crippen molar-refractivity contribution < 1.29 is 28.8 Å². The van der Waals surface area contributed by atoms with E-state index in [-0.39, 0.29) is 30.5 Å². The molecule has 2 N–H and O–H groups in total. The number of methoxy groups -OCH3 is 4. The van der Waals surface area contributed by atoms with Crippen LogP contribution in [0.1, 0.15) is 65.7 Å². The summed E-state index contributed by atoms with van der Waals surface area (Å²) in [4.78, 5) is 16.6. The van der Waals surface area contributed by atoms with E-state index in [1.165, 1.54) is 0 Å². The molecule has 38 heavy (non-hydrogen) atoms. The summed E-state index contributed by atoms with van der Waals surface area (Å²) in [7, 11) is 6.62. The molecule has 2 aromatic carbocycles. The fourth-order valence-corrected chi connectivity index (χ4v) is 7.40. The molecule has 3 aliphatic heterocycles. The van der Waals surface area contributed by atoms with Crippen molar-refractivity contribution >= 4 is 5.78 Å². The lowest BCUT2D eigenvalue weighted by Crippen LogP contribution is -2.61. The fraction of sp³-hybridized carbons (Fsp3) is 0.567. The number of nitrogens with one attached hydrogen (secondary N) is 1. The van der Waals surface area contributed by atoms with Crippen LogP contribution >= 0.6 is 0 Å². The number of fused-ring (bicyclic) bond motifs is 7. The van der Waals surface area contributed by atoms with Crippen LogP contribution in [0, 0.1) is 13.8 Å². The molecule has 3 aliphatic rings. The van der Waals surface area contributed by atoms with Crippen LogP contribution in [-0.2, 0) is 17.6 Å². The number of aryl methyl sites for hydroxylation is 1. The number of Topliss-reactive ketones (excluding diaryl/α,β-unsaturated/α-hetero) is 1. The minimum Gasteiger partial charge on any atom is -0.496 e. The summed E-state index contributed by atoms with van der Waals surface area (Å²) >= 11 is 0. The number of nitrogens with zero attached hydrogens (tertiary/aromatic N) is 1. The largest absolute Gasteiger partial charge is 0.496 e. The molecular formula is C30H40N2O6. The number of carbonyl (C=O) groups excluding carboxylic acids is 1.